The molecule has 0 amide bonds. The van der Waals surface area contributed by atoms with Gasteiger partial charge in [0.05, 0.1) is 6.61 Å². The monoisotopic (exact) mass is 412 g/mol. The first-order chi connectivity index (χ1) is 13.9. The average molecular weight is 412 g/mol. The SMILES string of the molecule is Cc1c(OC/C=C/C2CCCC2)ccc(OCCCC2CCC2)c1OC(F)(F)F. The molecule has 2 saturated carbocycles. The second-order valence-corrected chi connectivity index (χ2v) is 8.14. The van der Waals surface area contributed by atoms with Crippen molar-refractivity contribution in [3.05, 3.63) is 29.8 Å². The lowest BCUT2D eigenvalue weighted by molar-refractivity contribution is -0.275. The fraction of sp³-hybridized carbons (Fsp3) is 0.652. The Balaban J connectivity index is 1.59. The van der Waals surface area contributed by atoms with Crippen molar-refractivity contribution in [1.82, 2.24) is 0 Å². The van der Waals surface area contributed by atoms with Gasteiger partial charge in [-0.25, -0.2) is 0 Å². The first-order valence-electron chi connectivity index (χ1n) is 10.7. The maximum Gasteiger partial charge on any atom is 0.573 e. The molecule has 0 radical (unpaired) electrons. The van der Waals surface area contributed by atoms with Crippen molar-refractivity contribution in [2.45, 2.75) is 71.1 Å². The van der Waals surface area contributed by atoms with E-state index in [0.717, 1.165) is 18.8 Å². The molecule has 0 spiro atoms. The zero-order chi connectivity index (χ0) is 20.7. The van der Waals surface area contributed by atoms with Gasteiger partial charge in [-0.3, -0.25) is 0 Å². The number of hydrogen-bond donors (Lipinski definition) is 0. The normalized spacial score (nSPS) is 18.2. The number of alkyl halides is 3. The summed E-state index contributed by atoms with van der Waals surface area (Å²) in [6.45, 7) is 2.27. The van der Waals surface area contributed by atoms with Crippen LogP contribution in [0.5, 0.6) is 17.2 Å². The molecule has 3 rings (SSSR count). The molecule has 162 valence electrons. The van der Waals surface area contributed by atoms with E-state index in [1.807, 2.05) is 6.08 Å². The van der Waals surface area contributed by atoms with Crippen LogP contribution in [0.15, 0.2) is 24.3 Å². The van der Waals surface area contributed by atoms with E-state index in [-0.39, 0.29) is 11.5 Å². The van der Waals surface area contributed by atoms with Crippen molar-refractivity contribution in [3.8, 4) is 17.2 Å². The van der Waals surface area contributed by atoms with Crippen LogP contribution < -0.4 is 14.2 Å². The third-order valence-corrected chi connectivity index (χ3v) is 5.92. The maximum absolute atomic E-state index is 12.9. The number of hydrogen-bond acceptors (Lipinski definition) is 3. The van der Waals surface area contributed by atoms with Crippen LogP contribution >= 0.6 is 0 Å². The molecule has 2 aliphatic carbocycles. The summed E-state index contributed by atoms with van der Waals surface area (Å²) in [7, 11) is 0. The highest BCUT2D eigenvalue weighted by Crippen LogP contribution is 2.40. The molecule has 0 unspecified atom stereocenters. The van der Waals surface area contributed by atoms with Gasteiger partial charge in [-0.1, -0.05) is 44.3 Å². The first kappa shape index (κ1) is 21.8. The Morgan fingerprint density at radius 3 is 2.38 bits per heavy atom. The molecule has 6 heteroatoms. The van der Waals surface area contributed by atoms with Gasteiger partial charge < -0.3 is 14.2 Å². The van der Waals surface area contributed by atoms with Crippen molar-refractivity contribution >= 4 is 0 Å². The molecule has 3 nitrogen and oxygen atoms in total. The summed E-state index contributed by atoms with van der Waals surface area (Å²) in [5.41, 5.74) is 0.299. The van der Waals surface area contributed by atoms with E-state index in [2.05, 4.69) is 10.8 Å². The lowest BCUT2D eigenvalue weighted by atomic mass is 9.82. The summed E-state index contributed by atoms with van der Waals surface area (Å²) in [6.07, 6.45) is 9.91. The van der Waals surface area contributed by atoms with Gasteiger partial charge in [-0.2, -0.15) is 0 Å². The second kappa shape index (κ2) is 10.3. The van der Waals surface area contributed by atoms with Crippen LogP contribution in [0, 0.1) is 18.8 Å². The second-order valence-electron chi connectivity index (χ2n) is 8.14. The maximum atomic E-state index is 12.9. The van der Waals surface area contributed by atoms with Gasteiger partial charge in [-0.05, 0) is 56.6 Å². The van der Waals surface area contributed by atoms with Gasteiger partial charge in [0.1, 0.15) is 12.4 Å². The Bertz CT molecular complexity index is 675. The molecule has 1 aromatic rings. The minimum atomic E-state index is -4.78. The Kier molecular flexibility index (Phi) is 7.73. The van der Waals surface area contributed by atoms with Crippen LogP contribution in [0.3, 0.4) is 0 Å². The molecule has 0 heterocycles. The lowest BCUT2D eigenvalue weighted by Crippen LogP contribution is -2.19. The standard InChI is InChI=1S/C23H31F3O3/c1-17-20(27-15-5-11-18-7-2-3-8-18)13-14-21(22(17)29-23(24,25)26)28-16-6-12-19-9-4-10-19/h5,11,13-14,18-19H,2-4,6-10,12,15-16H2,1H3/b11-5+. The molecule has 0 atom stereocenters. The third kappa shape index (κ3) is 6.86. The average Bonchev–Trinajstić information content (AvgIpc) is 3.13. The fourth-order valence-electron chi connectivity index (χ4n) is 4.03. The number of ether oxygens (including phenoxy) is 3. The summed E-state index contributed by atoms with van der Waals surface area (Å²) >= 11 is 0. The number of benzene rings is 1. The van der Waals surface area contributed by atoms with E-state index in [1.54, 1.807) is 13.0 Å². The van der Waals surface area contributed by atoms with Gasteiger partial charge >= 0.3 is 6.36 Å². The summed E-state index contributed by atoms with van der Waals surface area (Å²) in [5, 5.41) is 0. The molecule has 1 aromatic carbocycles. The predicted molar refractivity (Wildman–Crippen MR) is 107 cm³/mol. The molecule has 2 aliphatic rings. The zero-order valence-corrected chi connectivity index (χ0v) is 17.1. The van der Waals surface area contributed by atoms with Crippen molar-refractivity contribution in [3.63, 3.8) is 0 Å². The van der Waals surface area contributed by atoms with Gasteiger partial charge in [0.25, 0.3) is 0 Å². The third-order valence-electron chi connectivity index (χ3n) is 5.92. The number of halogens is 3. The van der Waals surface area contributed by atoms with E-state index in [9.17, 15) is 13.2 Å². The summed E-state index contributed by atoms with van der Waals surface area (Å²) in [6, 6.07) is 3.16. The minimum Gasteiger partial charge on any atom is -0.490 e. The Labute approximate surface area is 171 Å². The topological polar surface area (TPSA) is 27.7 Å². The molecule has 2 fully saturated rings. The van der Waals surface area contributed by atoms with Crippen LogP contribution in [-0.4, -0.2) is 19.6 Å². The molecule has 0 aliphatic heterocycles. The van der Waals surface area contributed by atoms with Crippen molar-refractivity contribution in [1.29, 1.82) is 0 Å². The van der Waals surface area contributed by atoms with Crippen LogP contribution in [0.1, 0.15) is 63.4 Å². The van der Waals surface area contributed by atoms with Gasteiger partial charge in [-0.15, -0.1) is 13.2 Å². The van der Waals surface area contributed by atoms with E-state index in [4.69, 9.17) is 9.47 Å². The number of allylic oxidation sites excluding steroid dienone is 1. The highest BCUT2D eigenvalue weighted by molar-refractivity contribution is 5.53. The van der Waals surface area contributed by atoms with Gasteiger partial charge in [0.2, 0.25) is 0 Å². The van der Waals surface area contributed by atoms with Crippen LogP contribution in [0.2, 0.25) is 0 Å². The minimum absolute atomic E-state index is 0.113. The largest absolute Gasteiger partial charge is 0.573 e. The highest BCUT2D eigenvalue weighted by atomic mass is 19.4. The van der Waals surface area contributed by atoms with E-state index < -0.39 is 6.36 Å². The van der Waals surface area contributed by atoms with Gasteiger partial charge in [0.15, 0.2) is 11.5 Å². The van der Waals surface area contributed by atoms with Crippen LogP contribution in [0.25, 0.3) is 0 Å². The number of rotatable bonds is 10. The van der Waals surface area contributed by atoms with E-state index >= 15 is 0 Å². The van der Waals surface area contributed by atoms with E-state index in [0.29, 0.717) is 30.4 Å². The summed E-state index contributed by atoms with van der Waals surface area (Å²) < 4.78 is 54.4. The first-order valence-corrected chi connectivity index (χ1v) is 10.7. The van der Waals surface area contributed by atoms with Crippen LogP contribution in [0.4, 0.5) is 13.2 Å². The molecule has 0 aromatic heterocycles. The Morgan fingerprint density at radius 2 is 1.72 bits per heavy atom. The smallest absolute Gasteiger partial charge is 0.490 e. The lowest BCUT2D eigenvalue weighted by Gasteiger charge is -2.25. The summed E-state index contributed by atoms with van der Waals surface area (Å²) in [5.74, 6) is 1.53. The van der Waals surface area contributed by atoms with E-state index in [1.165, 1.54) is 51.0 Å². The predicted octanol–water partition coefficient (Wildman–Crippen LogP) is 6.98. The molecule has 29 heavy (non-hydrogen) atoms. The van der Waals surface area contributed by atoms with Crippen molar-refractivity contribution < 1.29 is 27.4 Å². The zero-order valence-electron chi connectivity index (χ0n) is 17.1. The fourth-order valence-corrected chi connectivity index (χ4v) is 4.03. The van der Waals surface area contributed by atoms with Crippen molar-refractivity contribution in [2.24, 2.45) is 11.8 Å². The molecule has 0 saturated heterocycles. The van der Waals surface area contributed by atoms with Crippen LogP contribution in [-0.2, 0) is 0 Å². The van der Waals surface area contributed by atoms with Gasteiger partial charge in [0, 0.05) is 5.56 Å². The molecular formula is C23H31F3O3. The Morgan fingerprint density at radius 1 is 1.00 bits per heavy atom. The molecule has 0 bridgehead atoms. The molecule has 0 N–H and O–H groups in total. The quantitative estimate of drug-likeness (QED) is 0.306. The van der Waals surface area contributed by atoms with Crippen molar-refractivity contribution in [2.75, 3.05) is 13.2 Å². The summed E-state index contributed by atoms with van der Waals surface area (Å²) in [4.78, 5) is 0. The highest BCUT2D eigenvalue weighted by Gasteiger charge is 2.34. The molecular weight excluding hydrogens is 381 g/mol. The Hall–Kier alpha value is -1.85.